The van der Waals surface area contributed by atoms with Crippen molar-refractivity contribution in [1.29, 1.82) is 0 Å². The van der Waals surface area contributed by atoms with Gasteiger partial charge in [0.1, 0.15) is 6.10 Å². The molecule has 284 valence electrons. The summed E-state index contributed by atoms with van der Waals surface area (Å²) in [5, 5.41) is 11.4. The van der Waals surface area contributed by atoms with Crippen molar-refractivity contribution in [3.8, 4) is 0 Å². The van der Waals surface area contributed by atoms with E-state index < -0.39 is 5.60 Å². The van der Waals surface area contributed by atoms with E-state index in [4.69, 9.17) is 4.74 Å². The third-order valence-corrected chi connectivity index (χ3v) is 17.5. The lowest BCUT2D eigenvalue weighted by molar-refractivity contribution is -0.252. The molecule has 0 heterocycles. The smallest absolute Gasteiger partial charge is 0.306 e. The van der Waals surface area contributed by atoms with Gasteiger partial charge in [-0.05, 0) is 136 Å². The number of rotatable bonds is 16. The molecule has 0 bridgehead atoms. The molecular formula is C46H82O3. The van der Waals surface area contributed by atoms with Gasteiger partial charge in [0.2, 0.25) is 0 Å². The molecular weight excluding hydrogens is 601 g/mol. The SMILES string of the molecule is CCCCCCCCCCCCCCCC(=O)O[C@H]1CC[C@]2(C)[C@H]3CC[C@@H]4[C@H]5[C@H](C(C)(C)O)CC[C@]5(C)CC[C@@]4(C)[C@]3(C)CC[C@H]2C1(C)C. The molecule has 0 amide bonds. The molecule has 0 spiro atoms. The Morgan fingerprint density at radius 1 is 0.653 bits per heavy atom. The molecule has 0 aromatic heterocycles. The molecule has 49 heavy (non-hydrogen) atoms. The zero-order valence-electron chi connectivity index (χ0n) is 34.2. The van der Waals surface area contributed by atoms with Crippen molar-refractivity contribution in [2.24, 2.45) is 56.7 Å². The fraction of sp³-hybridized carbons (Fsp3) is 0.978. The minimum Gasteiger partial charge on any atom is -0.462 e. The number of unbranched alkanes of at least 4 members (excludes halogenated alkanes) is 12. The second-order valence-electron chi connectivity index (χ2n) is 21.0. The van der Waals surface area contributed by atoms with E-state index in [1.165, 1.54) is 128 Å². The Kier molecular flexibility index (Phi) is 12.5. The van der Waals surface area contributed by atoms with E-state index in [9.17, 15) is 9.90 Å². The molecule has 3 nitrogen and oxygen atoms in total. The second-order valence-corrected chi connectivity index (χ2v) is 21.0. The van der Waals surface area contributed by atoms with Crippen LogP contribution in [0, 0.1) is 56.7 Å². The molecule has 10 atom stereocenters. The van der Waals surface area contributed by atoms with E-state index >= 15 is 0 Å². The molecule has 3 heteroatoms. The lowest BCUT2D eigenvalue weighted by atomic mass is 9.32. The van der Waals surface area contributed by atoms with Crippen LogP contribution >= 0.6 is 0 Å². The summed E-state index contributed by atoms with van der Waals surface area (Å²) in [6, 6.07) is 0. The highest BCUT2D eigenvalue weighted by atomic mass is 16.5. The summed E-state index contributed by atoms with van der Waals surface area (Å²) in [6.45, 7) is 22.1. The number of hydrogen-bond acceptors (Lipinski definition) is 3. The topological polar surface area (TPSA) is 46.5 Å². The van der Waals surface area contributed by atoms with Crippen LogP contribution in [0.2, 0.25) is 0 Å². The molecule has 5 aliphatic rings. The first-order chi connectivity index (χ1) is 23.0. The Morgan fingerprint density at radius 3 is 1.84 bits per heavy atom. The third-order valence-electron chi connectivity index (χ3n) is 17.5. The van der Waals surface area contributed by atoms with Gasteiger partial charge >= 0.3 is 5.97 Å². The third kappa shape index (κ3) is 7.61. The first kappa shape index (κ1) is 39.6. The van der Waals surface area contributed by atoms with Crippen LogP contribution in [0.5, 0.6) is 0 Å². The first-order valence-corrected chi connectivity index (χ1v) is 22.0. The van der Waals surface area contributed by atoms with Gasteiger partial charge in [-0.1, -0.05) is 126 Å². The van der Waals surface area contributed by atoms with Crippen LogP contribution in [0.25, 0.3) is 0 Å². The first-order valence-electron chi connectivity index (χ1n) is 22.0. The monoisotopic (exact) mass is 683 g/mol. The van der Waals surface area contributed by atoms with E-state index in [-0.39, 0.29) is 17.5 Å². The van der Waals surface area contributed by atoms with Crippen LogP contribution in [0.1, 0.15) is 216 Å². The lowest BCUT2D eigenvalue weighted by Gasteiger charge is -2.73. The average Bonchev–Trinajstić information content (AvgIpc) is 3.39. The maximum atomic E-state index is 13.2. The molecule has 0 aliphatic heterocycles. The molecule has 5 aliphatic carbocycles. The predicted octanol–water partition coefficient (Wildman–Crippen LogP) is 13.3. The Bertz CT molecular complexity index is 1090. The average molecular weight is 683 g/mol. The number of aliphatic hydroxyl groups is 1. The molecule has 5 saturated carbocycles. The molecule has 0 unspecified atom stereocenters. The van der Waals surface area contributed by atoms with E-state index in [2.05, 4.69) is 62.3 Å². The van der Waals surface area contributed by atoms with Crippen LogP contribution < -0.4 is 0 Å². The van der Waals surface area contributed by atoms with Crippen LogP contribution in [0.3, 0.4) is 0 Å². The van der Waals surface area contributed by atoms with Gasteiger partial charge in [-0.15, -0.1) is 0 Å². The molecule has 0 radical (unpaired) electrons. The van der Waals surface area contributed by atoms with Gasteiger partial charge in [-0.3, -0.25) is 4.79 Å². The van der Waals surface area contributed by atoms with E-state index in [0.717, 1.165) is 31.1 Å². The summed E-state index contributed by atoms with van der Waals surface area (Å²) in [5.41, 5.74) is 0.797. The van der Waals surface area contributed by atoms with E-state index in [1.54, 1.807) is 0 Å². The summed E-state index contributed by atoms with van der Waals surface area (Å²) in [5.74, 6) is 3.19. The van der Waals surface area contributed by atoms with Crippen molar-refractivity contribution in [1.82, 2.24) is 0 Å². The van der Waals surface area contributed by atoms with Gasteiger partial charge in [-0.25, -0.2) is 0 Å². The quantitative estimate of drug-likeness (QED) is 0.130. The number of esters is 1. The summed E-state index contributed by atoms with van der Waals surface area (Å²) in [7, 11) is 0. The van der Waals surface area contributed by atoms with Gasteiger partial charge in [-0.2, -0.15) is 0 Å². The van der Waals surface area contributed by atoms with Gasteiger partial charge < -0.3 is 9.84 Å². The van der Waals surface area contributed by atoms with Crippen LogP contribution in [-0.4, -0.2) is 22.8 Å². The fourth-order valence-corrected chi connectivity index (χ4v) is 14.4. The van der Waals surface area contributed by atoms with Crippen molar-refractivity contribution < 1.29 is 14.6 Å². The standard InChI is InChI=1S/C46H82O3/c1-10-11-12-13-14-15-16-17-18-19-20-21-22-23-39(47)49-38-28-30-44(7)36(41(38,2)3)27-31-46(9)37(44)25-24-35-40-34(42(4,5)48)26-29-43(40,6)32-33-45(35,46)8/h34-38,40,48H,10-33H2,1-9H3/t34-,35-,36+,37-,38+,40-,43-,44+,45-,46-/m1/s1. The molecule has 5 rings (SSSR count). The number of fused-ring (bicyclic) bond motifs is 7. The van der Waals surface area contributed by atoms with E-state index in [1.807, 2.05) is 0 Å². The minimum absolute atomic E-state index is 0.0142. The van der Waals surface area contributed by atoms with Crippen molar-refractivity contribution in [2.45, 2.75) is 228 Å². The predicted molar refractivity (Wildman–Crippen MR) is 206 cm³/mol. The zero-order valence-corrected chi connectivity index (χ0v) is 34.2. The Labute approximate surface area is 304 Å². The number of ether oxygens (including phenoxy) is 1. The lowest BCUT2D eigenvalue weighted by Crippen LogP contribution is -2.67. The fourth-order valence-electron chi connectivity index (χ4n) is 14.4. The summed E-state index contributed by atoms with van der Waals surface area (Å²) in [4.78, 5) is 13.2. The van der Waals surface area contributed by atoms with Gasteiger partial charge in [0, 0.05) is 11.8 Å². The Morgan fingerprint density at radius 2 is 1.24 bits per heavy atom. The highest BCUT2D eigenvalue weighted by molar-refractivity contribution is 5.69. The Hall–Kier alpha value is -0.570. The molecule has 0 aromatic rings. The number of carbonyl (C=O) groups is 1. The highest BCUT2D eigenvalue weighted by Crippen LogP contribution is 2.77. The maximum Gasteiger partial charge on any atom is 0.306 e. The van der Waals surface area contributed by atoms with Crippen LogP contribution in [0.15, 0.2) is 0 Å². The van der Waals surface area contributed by atoms with Gasteiger partial charge in [0.05, 0.1) is 5.60 Å². The maximum absolute atomic E-state index is 13.2. The van der Waals surface area contributed by atoms with Crippen molar-refractivity contribution in [3.63, 3.8) is 0 Å². The van der Waals surface area contributed by atoms with Crippen molar-refractivity contribution >= 4 is 5.97 Å². The highest BCUT2D eigenvalue weighted by Gasteiger charge is 2.71. The second kappa shape index (κ2) is 15.4. The van der Waals surface area contributed by atoms with Gasteiger partial charge in [0.25, 0.3) is 0 Å². The molecule has 1 N–H and O–H groups in total. The largest absolute Gasteiger partial charge is 0.462 e. The molecule has 0 aromatic carbocycles. The van der Waals surface area contributed by atoms with Crippen LogP contribution in [-0.2, 0) is 9.53 Å². The van der Waals surface area contributed by atoms with E-state index in [0.29, 0.717) is 45.8 Å². The molecule has 5 fully saturated rings. The number of hydrogen-bond donors (Lipinski definition) is 1. The number of carbonyl (C=O) groups excluding carboxylic acids is 1. The molecule has 0 saturated heterocycles. The van der Waals surface area contributed by atoms with Crippen LogP contribution in [0.4, 0.5) is 0 Å². The Balaban J connectivity index is 1.12. The van der Waals surface area contributed by atoms with Crippen molar-refractivity contribution in [2.75, 3.05) is 0 Å². The summed E-state index contributed by atoms with van der Waals surface area (Å²) < 4.78 is 6.41. The van der Waals surface area contributed by atoms with Crippen molar-refractivity contribution in [3.05, 3.63) is 0 Å². The summed E-state index contributed by atoms with van der Waals surface area (Å²) >= 11 is 0. The minimum atomic E-state index is -0.589. The zero-order chi connectivity index (χ0) is 35.7. The van der Waals surface area contributed by atoms with Gasteiger partial charge in [0.15, 0.2) is 0 Å². The normalized spacial score (nSPS) is 41.3. The summed E-state index contributed by atoms with van der Waals surface area (Å²) in [6.07, 6.45) is 30.6.